The highest BCUT2D eigenvalue weighted by Gasteiger charge is 2.26. The van der Waals surface area contributed by atoms with Crippen LogP contribution in [0.4, 0.5) is 11.4 Å². The van der Waals surface area contributed by atoms with Crippen LogP contribution in [-0.4, -0.2) is 17.4 Å². The van der Waals surface area contributed by atoms with Gasteiger partial charge in [-0.25, -0.2) is 0 Å². The Morgan fingerprint density at radius 3 is 2.41 bits per heavy atom. The third-order valence-electron chi connectivity index (χ3n) is 4.10. The topological polar surface area (TPSA) is 84.3 Å². The van der Waals surface area contributed by atoms with E-state index >= 15 is 0 Å². The fraction of sp³-hybridized carbons (Fsp3) is 0.350. The molecule has 2 aromatic rings. The summed E-state index contributed by atoms with van der Waals surface area (Å²) in [7, 11) is 0. The van der Waals surface area contributed by atoms with Crippen LogP contribution in [0.25, 0.3) is 0 Å². The molecule has 0 saturated carbocycles. The van der Waals surface area contributed by atoms with Crippen LogP contribution in [-0.2, 0) is 12.0 Å². The molecule has 0 spiro atoms. The first-order chi connectivity index (χ1) is 12.2. The van der Waals surface area contributed by atoms with E-state index in [0.29, 0.717) is 17.8 Å². The number of carbonyl (C=O) groups is 1. The molecule has 2 rings (SSSR count). The summed E-state index contributed by atoms with van der Waals surface area (Å²) in [6, 6.07) is 12.2. The van der Waals surface area contributed by atoms with Crippen LogP contribution in [0, 0.1) is 10.1 Å². The van der Waals surface area contributed by atoms with Gasteiger partial charge in [-0.1, -0.05) is 52.0 Å². The van der Waals surface area contributed by atoms with E-state index in [4.69, 9.17) is 0 Å². The van der Waals surface area contributed by atoms with Crippen molar-refractivity contribution in [3.63, 3.8) is 0 Å². The summed E-state index contributed by atoms with van der Waals surface area (Å²) in [4.78, 5) is 23.6. The lowest BCUT2D eigenvalue weighted by Gasteiger charge is -2.19. The molecular formula is C20H26ClN3O3. The van der Waals surface area contributed by atoms with Crippen LogP contribution in [0.15, 0.2) is 42.5 Å². The second-order valence-electron chi connectivity index (χ2n) is 7.13. The average Bonchev–Trinajstić information content (AvgIpc) is 2.59. The molecule has 6 nitrogen and oxygen atoms in total. The summed E-state index contributed by atoms with van der Waals surface area (Å²) in [6.07, 6.45) is 0. The Kier molecular flexibility index (Phi) is 7.94. The fourth-order valence-corrected chi connectivity index (χ4v) is 2.71. The van der Waals surface area contributed by atoms with E-state index in [1.807, 2.05) is 52.0 Å². The second-order valence-corrected chi connectivity index (χ2v) is 7.13. The van der Waals surface area contributed by atoms with Gasteiger partial charge in [0.05, 0.1) is 4.92 Å². The van der Waals surface area contributed by atoms with E-state index in [0.717, 1.165) is 12.1 Å². The molecule has 0 heterocycles. The van der Waals surface area contributed by atoms with E-state index in [2.05, 4.69) is 10.6 Å². The van der Waals surface area contributed by atoms with Crippen molar-refractivity contribution in [2.24, 2.45) is 0 Å². The molecule has 0 saturated heterocycles. The van der Waals surface area contributed by atoms with Gasteiger partial charge in [0.15, 0.2) is 0 Å². The average molecular weight is 392 g/mol. The number of carbonyl (C=O) groups excluding carboxylic acids is 1. The fourth-order valence-electron chi connectivity index (χ4n) is 2.71. The summed E-state index contributed by atoms with van der Waals surface area (Å²) >= 11 is 0. The highest BCUT2D eigenvalue weighted by Crippen LogP contribution is 2.32. The molecule has 146 valence electrons. The van der Waals surface area contributed by atoms with Crippen molar-refractivity contribution in [3.05, 3.63) is 69.3 Å². The van der Waals surface area contributed by atoms with Crippen molar-refractivity contribution >= 4 is 29.7 Å². The van der Waals surface area contributed by atoms with E-state index in [9.17, 15) is 14.9 Å². The molecule has 0 atom stereocenters. The molecule has 0 fully saturated rings. The standard InChI is InChI=1S/C20H25N3O3.ClH/c1-5-21-13-15-8-6-7-9-17(15)22-19(24)14-10-11-16(20(2,3)4)18(12-14)23(25)26;/h6-12,21H,5,13H2,1-4H3,(H,22,24);1H. The number of hydrogen-bond acceptors (Lipinski definition) is 4. The van der Waals surface area contributed by atoms with Gasteiger partial charge in [-0.3, -0.25) is 14.9 Å². The van der Waals surface area contributed by atoms with Gasteiger partial charge in [-0.15, -0.1) is 12.4 Å². The Hall–Kier alpha value is -2.44. The van der Waals surface area contributed by atoms with Gasteiger partial charge in [0.25, 0.3) is 11.6 Å². The van der Waals surface area contributed by atoms with Crippen molar-refractivity contribution in [1.29, 1.82) is 0 Å². The number of rotatable bonds is 6. The van der Waals surface area contributed by atoms with Crippen LogP contribution in [0.3, 0.4) is 0 Å². The number of nitrogens with one attached hydrogen (secondary N) is 2. The number of nitro groups is 1. The molecule has 0 bridgehead atoms. The Balaban J connectivity index is 0.00000364. The zero-order valence-electron chi connectivity index (χ0n) is 16.0. The number of amides is 1. The number of nitro benzene ring substituents is 1. The normalized spacial score (nSPS) is 10.8. The quantitative estimate of drug-likeness (QED) is 0.553. The maximum absolute atomic E-state index is 12.6. The van der Waals surface area contributed by atoms with Crippen molar-refractivity contribution in [1.82, 2.24) is 5.32 Å². The van der Waals surface area contributed by atoms with Crippen molar-refractivity contribution in [2.45, 2.75) is 39.7 Å². The first kappa shape index (κ1) is 22.6. The molecule has 0 aliphatic heterocycles. The third-order valence-corrected chi connectivity index (χ3v) is 4.10. The number of halogens is 1. The van der Waals surface area contributed by atoms with Gasteiger partial charge in [0.2, 0.25) is 0 Å². The van der Waals surface area contributed by atoms with Crippen molar-refractivity contribution in [2.75, 3.05) is 11.9 Å². The summed E-state index contributed by atoms with van der Waals surface area (Å²) in [6.45, 7) is 9.19. The molecule has 2 aromatic carbocycles. The number of para-hydroxylation sites is 1. The largest absolute Gasteiger partial charge is 0.322 e. The monoisotopic (exact) mass is 391 g/mol. The molecule has 0 aromatic heterocycles. The van der Waals surface area contributed by atoms with E-state index in [-0.39, 0.29) is 35.0 Å². The minimum absolute atomic E-state index is 0. The van der Waals surface area contributed by atoms with Gasteiger partial charge in [-0.05, 0) is 29.7 Å². The lowest BCUT2D eigenvalue weighted by Crippen LogP contribution is -2.18. The van der Waals surface area contributed by atoms with E-state index < -0.39 is 4.92 Å². The molecule has 1 amide bonds. The molecule has 0 aliphatic carbocycles. The Bertz CT molecular complexity index is 816. The Labute approximate surface area is 165 Å². The second kappa shape index (κ2) is 9.48. The Morgan fingerprint density at radius 1 is 1.15 bits per heavy atom. The lowest BCUT2D eigenvalue weighted by molar-refractivity contribution is -0.386. The molecule has 2 N–H and O–H groups in total. The summed E-state index contributed by atoms with van der Waals surface area (Å²) in [5.41, 5.74) is 2.11. The van der Waals surface area contributed by atoms with Gasteiger partial charge < -0.3 is 10.6 Å². The van der Waals surface area contributed by atoms with Crippen LogP contribution >= 0.6 is 12.4 Å². The third kappa shape index (κ3) is 5.77. The van der Waals surface area contributed by atoms with Crippen molar-refractivity contribution < 1.29 is 9.72 Å². The predicted octanol–water partition coefficient (Wildman–Crippen LogP) is 4.68. The Morgan fingerprint density at radius 2 is 1.81 bits per heavy atom. The maximum Gasteiger partial charge on any atom is 0.273 e. The van der Waals surface area contributed by atoms with Crippen molar-refractivity contribution in [3.8, 4) is 0 Å². The van der Waals surface area contributed by atoms with E-state index in [1.165, 1.54) is 6.07 Å². The molecular weight excluding hydrogens is 366 g/mol. The molecule has 27 heavy (non-hydrogen) atoms. The number of anilines is 1. The predicted molar refractivity (Wildman–Crippen MR) is 111 cm³/mol. The van der Waals surface area contributed by atoms with Crippen LogP contribution in [0.2, 0.25) is 0 Å². The van der Waals surface area contributed by atoms with Gasteiger partial charge in [0.1, 0.15) is 0 Å². The van der Waals surface area contributed by atoms with Gasteiger partial charge in [0, 0.05) is 29.4 Å². The zero-order valence-corrected chi connectivity index (χ0v) is 16.9. The minimum atomic E-state index is -0.434. The number of nitrogens with zero attached hydrogens (tertiary/aromatic N) is 1. The molecule has 0 unspecified atom stereocenters. The summed E-state index contributed by atoms with van der Waals surface area (Å²) < 4.78 is 0. The SMILES string of the molecule is CCNCc1ccccc1NC(=O)c1ccc(C(C)(C)C)c([N+](=O)[O-])c1.Cl. The summed E-state index contributed by atoms with van der Waals surface area (Å²) in [5.74, 6) is -0.363. The molecule has 7 heteroatoms. The first-order valence-electron chi connectivity index (χ1n) is 8.63. The van der Waals surface area contributed by atoms with Gasteiger partial charge in [-0.2, -0.15) is 0 Å². The van der Waals surface area contributed by atoms with Gasteiger partial charge >= 0.3 is 0 Å². The lowest BCUT2D eigenvalue weighted by atomic mass is 9.85. The number of hydrogen-bond donors (Lipinski definition) is 2. The molecule has 0 radical (unpaired) electrons. The maximum atomic E-state index is 12.6. The first-order valence-corrected chi connectivity index (χ1v) is 8.63. The van der Waals surface area contributed by atoms with Crippen LogP contribution in [0.1, 0.15) is 49.2 Å². The van der Waals surface area contributed by atoms with Crippen LogP contribution < -0.4 is 10.6 Å². The smallest absolute Gasteiger partial charge is 0.273 e. The highest BCUT2D eigenvalue weighted by molar-refractivity contribution is 6.05. The summed E-state index contributed by atoms with van der Waals surface area (Å²) in [5, 5.41) is 17.5. The molecule has 0 aliphatic rings. The van der Waals surface area contributed by atoms with Crippen LogP contribution in [0.5, 0.6) is 0 Å². The zero-order chi connectivity index (χ0) is 19.3. The van der Waals surface area contributed by atoms with E-state index in [1.54, 1.807) is 12.1 Å². The number of benzene rings is 2. The minimum Gasteiger partial charge on any atom is -0.322 e. The highest BCUT2D eigenvalue weighted by atomic mass is 35.5.